The predicted octanol–water partition coefficient (Wildman–Crippen LogP) is 11.9. The molecule has 0 radical (unpaired) electrons. The SMILES string of the molecule is C=CC[Si](C)(C)CCCNC(=O)CCCc1ccc2c(-c3c(P(c4ccccc4)c4ccccc4)ccc4ccccc34)c(P(c3ccccc3)c3ccccc3)ccc2c1. The fourth-order valence-corrected chi connectivity index (χ4v) is 15.7. The number of carbonyl (C=O) groups excluding carboxylic acids is 1. The second kappa shape index (κ2) is 20.0. The zero-order valence-electron chi connectivity index (χ0n) is 35.4. The molecule has 0 atom stereocenters. The maximum atomic E-state index is 12.9. The molecule has 2 nitrogen and oxygen atoms in total. The largest absolute Gasteiger partial charge is 0.356 e. The summed E-state index contributed by atoms with van der Waals surface area (Å²) in [6, 6.07) is 72.3. The summed E-state index contributed by atoms with van der Waals surface area (Å²) in [6.07, 6.45) is 5.31. The smallest absolute Gasteiger partial charge is 0.220 e. The molecule has 1 amide bonds. The molecule has 8 aromatic carbocycles. The van der Waals surface area contributed by atoms with Crippen molar-refractivity contribution in [2.45, 2.75) is 50.9 Å². The van der Waals surface area contributed by atoms with Crippen LogP contribution in [0.5, 0.6) is 0 Å². The zero-order chi connectivity index (χ0) is 42.0. The zero-order valence-corrected chi connectivity index (χ0v) is 38.2. The first kappa shape index (κ1) is 42.3. The minimum Gasteiger partial charge on any atom is -0.356 e. The van der Waals surface area contributed by atoms with Crippen molar-refractivity contribution in [2.24, 2.45) is 0 Å². The molecular formula is C56H55NOP2Si. The van der Waals surface area contributed by atoms with E-state index in [4.69, 9.17) is 0 Å². The Balaban J connectivity index is 1.26. The van der Waals surface area contributed by atoms with Gasteiger partial charge < -0.3 is 5.32 Å². The maximum absolute atomic E-state index is 12.9. The van der Waals surface area contributed by atoms with Gasteiger partial charge in [-0.25, -0.2) is 0 Å². The first-order chi connectivity index (χ1) is 29.9. The Hall–Kier alpha value is -5.43. The van der Waals surface area contributed by atoms with Crippen LogP contribution in [-0.2, 0) is 11.2 Å². The average Bonchev–Trinajstić information content (AvgIpc) is 3.29. The summed E-state index contributed by atoms with van der Waals surface area (Å²) in [5, 5.41) is 16.2. The highest BCUT2D eigenvalue weighted by atomic mass is 31.1. The number of hydrogen-bond donors (Lipinski definition) is 1. The Kier molecular flexibility index (Phi) is 13.8. The van der Waals surface area contributed by atoms with Gasteiger partial charge in [0.2, 0.25) is 5.91 Å². The molecule has 0 spiro atoms. The second-order valence-corrected chi connectivity index (χ2v) is 26.3. The molecule has 8 rings (SSSR count). The van der Waals surface area contributed by atoms with Crippen molar-refractivity contribution in [3.05, 3.63) is 206 Å². The summed E-state index contributed by atoms with van der Waals surface area (Å²) >= 11 is 0. The molecule has 0 heterocycles. The van der Waals surface area contributed by atoms with Crippen molar-refractivity contribution in [1.82, 2.24) is 5.32 Å². The standard InChI is InChI=1S/C56H55NOP2Si/c1-4-40-61(2,3)41-20-39-57-54(58)32-19-21-43-33-36-51-45(42-43)35-38-53(60(48-27-13-7-14-28-48)49-29-15-8-16-30-49)56(51)55-50-31-18-17-22-44(50)34-37-52(55)59(46-23-9-5-10-24-46)47-25-11-6-12-26-47/h4-18,22-31,33-38,42H,1,19-21,32,39-41H2,2-3H3,(H,57,58). The number of hydrogen-bond acceptors (Lipinski definition) is 1. The number of aryl methyl sites for hydroxylation is 1. The monoisotopic (exact) mass is 847 g/mol. The Bertz CT molecular complexity index is 2640. The number of benzene rings is 8. The molecular weight excluding hydrogens is 793 g/mol. The molecule has 1 N–H and O–H groups in total. The fraction of sp³-hybridized carbons (Fsp3) is 0.161. The highest BCUT2D eigenvalue weighted by molar-refractivity contribution is 7.80. The van der Waals surface area contributed by atoms with E-state index in [2.05, 4.69) is 219 Å². The van der Waals surface area contributed by atoms with E-state index in [-0.39, 0.29) is 5.91 Å². The van der Waals surface area contributed by atoms with E-state index in [0.717, 1.165) is 31.9 Å². The summed E-state index contributed by atoms with van der Waals surface area (Å²) in [5.74, 6) is 0.155. The van der Waals surface area contributed by atoms with Crippen LogP contribution in [0.1, 0.15) is 24.8 Å². The highest BCUT2D eigenvalue weighted by Gasteiger charge is 2.28. The van der Waals surface area contributed by atoms with Gasteiger partial charge in [-0.1, -0.05) is 213 Å². The highest BCUT2D eigenvalue weighted by Crippen LogP contribution is 2.46. The number of carbonyl (C=O) groups is 1. The number of allylic oxidation sites excluding steroid dienone is 1. The molecule has 0 bridgehead atoms. The van der Waals surface area contributed by atoms with Gasteiger partial charge in [-0.3, -0.25) is 4.79 Å². The normalized spacial score (nSPS) is 11.7. The van der Waals surface area contributed by atoms with Crippen LogP contribution in [0, 0.1) is 0 Å². The van der Waals surface area contributed by atoms with Gasteiger partial charge in [-0.15, -0.1) is 6.58 Å². The van der Waals surface area contributed by atoms with Crippen LogP contribution in [-0.4, -0.2) is 20.5 Å². The van der Waals surface area contributed by atoms with Gasteiger partial charge in [-0.05, 0) is 111 Å². The number of nitrogens with one attached hydrogen (secondary N) is 1. The Labute approximate surface area is 366 Å². The molecule has 0 saturated carbocycles. The number of amides is 1. The third-order valence-electron chi connectivity index (χ3n) is 11.7. The lowest BCUT2D eigenvalue weighted by molar-refractivity contribution is -0.121. The minimum atomic E-state index is -1.26. The van der Waals surface area contributed by atoms with Gasteiger partial charge in [0.1, 0.15) is 0 Å². The van der Waals surface area contributed by atoms with E-state index in [1.165, 1.54) is 76.1 Å². The van der Waals surface area contributed by atoms with E-state index in [9.17, 15) is 4.79 Å². The van der Waals surface area contributed by atoms with Crippen molar-refractivity contribution in [3.8, 4) is 11.1 Å². The van der Waals surface area contributed by atoms with Gasteiger partial charge >= 0.3 is 0 Å². The van der Waals surface area contributed by atoms with Crippen LogP contribution in [0.4, 0.5) is 0 Å². The van der Waals surface area contributed by atoms with E-state index >= 15 is 0 Å². The second-order valence-electron chi connectivity index (χ2n) is 16.7. The van der Waals surface area contributed by atoms with E-state index in [0.29, 0.717) is 6.42 Å². The Morgan fingerprint density at radius 2 is 1.03 bits per heavy atom. The molecule has 0 aromatic heterocycles. The topological polar surface area (TPSA) is 29.1 Å². The van der Waals surface area contributed by atoms with Gasteiger partial charge in [0.05, 0.1) is 8.07 Å². The third kappa shape index (κ3) is 10.0. The molecule has 0 aliphatic carbocycles. The van der Waals surface area contributed by atoms with Crippen LogP contribution < -0.4 is 37.1 Å². The average molecular weight is 848 g/mol. The summed E-state index contributed by atoms with van der Waals surface area (Å²) in [5.41, 5.74) is 3.89. The minimum absolute atomic E-state index is 0.155. The van der Waals surface area contributed by atoms with Gasteiger partial charge in [0, 0.05) is 13.0 Å². The van der Waals surface area contributed by atoms with Gasteiger partial charge in [0.25, 0.3) is 0 Å². The Morgan fingerprint density at radius 1 is 0.557 bits per heavy atom. The lowest BCUT2D eigenvalue weighted by Gasteiger charge is -2.28. The van der Waals surface area contributed by atoms with Crippen LogP contribution in [0.3, 0.4) is 0 Å². The van der Waals surface area contributed by atoms with Gasteiger partial charge in [0.15, 0.2) is 0 Å². The lowest BCUT2D eigenvalue weighted by Crippen LogP contribution is -2.28. The van der Waals surface area contributed by atoms with E-state index in [1.54, 1.807) is 0 Å². The van der Waals surface area contributed by atoms with Crippen LogP contribution >= 0.6 is 15.8 Å². The Morgan fingerprint density at radius 3 is 1.56 bits per heavy atom. The predicted molar refractivity (Wildman–Crippen MR) is 272 cm³/mol. The first-order valence-corrected chi connectivity index (χ1v) is 27.8. The summed E-state index contributed by atoms with van der Waals surface area (Å²) in [7, 11) is -3.12. The fourth-order valence-electron chi connectivity index (χ4n) is 8.67. The molecule has 0 saturated heterocycles. The van der Waals surface area contributed by atoms with Crippen molar-refractivity contribution >= 4 is 83.2 Å². The molecule has 0 fully saturated rings. The molecule has 8 aromatic rings. The summed E-state index contributed by atoms with van der Waals surface area (Å²) in [4.78, 5) is 12.9. The molecule has 304 valence electrons. The summed E-state index contributed by atoms with van der Waals surface area (Å²) < 4.78 is 0. The van der Waals surface area contributed by atoms with Crippen molar-refractivity contribution < 1.29 is 4.79 Å². The molecule has 0 aliphatic rings. The van der Waals surface area contributed by atoms with Crippen LogP contribution in [0.2, 0.25) is 25.2 Å². The third-order valence-corrected chi connectivity index (χ3v) is 19.7. The van der Waals surface area contributed by atoms with E-state index in [1.807, 2.05) is 0 Å². The first-order valence-electron chi connectivity index (χ1n) is 21.7. The number of rotatable bonds is 17. The molecule has 5 heteroatoms. The van der Waals surface area contributed by atoms with Crippen molar-refractivity contribution in [3.63, 3.8) is 0 Å². The van der Waals surface area contributed by atoms with Crippen LogP contribution in [0.25, 0.3) is 32.7 Å². The number of fused-ring (bicyclic) bond motifs is 2. The maximum Gasteiger partial charge on any atom is 0.220 e. The molecule has 61 heavy (non-hydrogen) atoms. The molecule has 0 unspecified atom stereocenters. The quantitative estimate of drug-likeness (QED) is 0.0421. The van der Waals surface area contributed by atoms with Crippen molar-refractivity contribution in [1.29, 1.82) is 0 Å². The lowest BCUT2D eigenvalue weighted by atomic mass is 9.92. The van der Waals surface area contributed by atoms with E-state index < -0.39 is 23.9 Å². The summed E-state index contributed by atoms with van der Waals surface area (Å²) in [6.45, 7) is 9.51. The van der Waals surface area contributed by atoms with Crippen molar-refractivity contribution in [2.75, 3.05) is 6.54 Å². The molecule has 0 aliphatic heterocycles. The van der Waals surface area contributed by atoms with Crippen LogP contribution in [0.15, 0.2) is 201 Å². The van der Waals surface area contributed by atoms with Gasteiger partial charge in [-0.2, -0.15) is 0 Å².